The van der Waals surface area contributed by atoms with Gasteiger partial charge in [-0.2, -0.15) is 5.10 Å². The molecule has 1 fully saturated rings. The van der Waals surface area contributed by atoms with Gasteiger partial charge in [-0.15, -0.1) is 0 Å². The highest BCUT2D eigenvalue weighted by molar-refractivity contribution is 5.20. The standard InChI is InChI=1S/C15H19N3/c1-2-5-13(6-3-1)15(18-12-4-9-17-18)14-7-10-16-11-8-14/h1-6,9,12,14-16H,7-8,10-11H2. The van der Waals surface area contributed by atoms with Gasteiger partial charge >= 0.3 is 0 Å². The topological polar surface area (TPSA) is 29.9 Å². The summed E-state index contributed by atoms with van der Waals surface area (Å²) in [6, 6.07) is 13.1. The molecular weight excluding hydrogens is 222 g/mol. The van der Waals surface area contributed by atoms with Gasteiger partial charge in [0, 0.05) is 12.4 Å². The molecule has 0 spiro atoms. The van der Waals surface area contributed by atoms with E-state index in [-0.39, 0.29) is 0 Å². The van der Waals surface area contributed by atoms with E-state index in [9.17, 15) is 0 Å². The third kappa shape index (κ3) is 2.31. The molecule has 1 atom stereocenters. The van der Waals surface area contributed by atoms with Crippen LogP contribution in [0.25, 0.3) is 0 Å². The molecule has 18 heavy (non-hydrogen) atoms. The molecule has 0 saturated carbocycles. The van der Waals surface area contributed by atoms with Crippen LogP contribution in [0.15, 0.2) is 48.8 Å². The Morgan fingerprint density at radius 2 is 1.89 bits per heavy atom. The van der Waals surface area contributed by atoms with Gasteiger partial charge in [-0.3, -0.25) is 4.68 Å². The molecule has 3 heteroatoms. The fraction of sp³-hybridized carbons (Fsp3) is 0.400. The molecule has 2 aromatic rings. The number of nitrogens with one attached hydrogen (secondary N) is 1. The lowest BCUT2D eigenvalue weighted by atomic mass is 9.86. The van der Waals surface area contributed by atoms with Crippen LogP contribution >= 0.6 is 0 Å². The fourth-order valence-electron chi connectivity index (χ4n) is 2.90. The Bertz CT molecular complexity index is 458. The summed E-state index contributed by atoms with van der Waals surface area (Å²) in [7, 11) is 0. The normalized spacial score (nSPS) is 18.7. The average Bonchev–Trinajstić information content (AvgIpc) is 2.95. The van der Waals surface area contributed by atoms with Crippen LogP contribution in [0, 0.1) is 5.92 Å². The zero-order valence-corrected chi connectivity index (χ0v) is 10.5. The second-order valence-electron chi connectivity index (χ2n) is 4.93. The van der Waals surface area contributed by atoms with Gasteiger partial charge in [0.15, 0.2) is 0 Å². The molecule has 1 saturated heterocycles. The monoisotopic (exact) mass is 241 g/mol. The predicted molar refractivity (Wildman–Crippen MR) is 72.4 cm³/mol. The highest BCUT2D eigenvalue weighted by Gasteiger charge is 2.26. The Hall–Kier alpha value is -1.61. The average molecular weight is 241 g/mol. The Kier molecular flexibility index (Phi) is 3.42. The van der Waals surface area contributed by atoms with Crippen LogP contribution in [0.1, 0.15) is 24.4 Å². The third-order valence-electron chi connectivity index (χ3n) is 3.78. The van der Waals surface area contributed by atoms with Crippen LogP contribution in [0.2, 0.25) is 0 Å². The van der Waals surface area contributed by atoms with Gasteiger partial charge in [0.2, 0.25) is 0 Å². The third-order valence-corrected chi connectivity index (χ3v) is 3.78. The first-order valence-electron chi connectivity index (χ1n) is 6.70. The second-order valence-corrected chi connectivity index (χ2v) is 4.93. The number of nitrogens with zero attached hydrogens (tertiary/aromatic N) is 2. The van der Waals surface area contributed by atoms with Gasteiger partial charge in [-0.1, -0.05) is 30.3 Å². The van der Waals surface area contributed by atoms with Crippen molar-refractivity contribution in [3.63, 3.8) is 0 Å². The van der Waals surface area contributed by atoms with Crippen molar-refractivity contribution in [1.82, 2.24) is 15.1 Å². The number of hydrogen-bond acceptors (Lipinski definition) is 2. The second kappa shape index (κ2) is 5.36. The van der Waals surface area contributed by atoms with E-state index in [1.807, 2.05) is 12.3 Å². The number of rotatable bonds is 3. The van der Waals surface area contributed by atoms with Gasteiger partial charge < -0.3 is 5.32 Å². The van der Waals surface area contributed by atoms with Crippen LogP contribution in [0.5, 0.6) is 0 Å². The highest BCUT2D eigenvalue weighted by atomic mass is 15.3. The molecule has 3 nitrogen and oxygen atoms in total. The fourth-order valence-corrected chi connectivity index (χ4v) is 2.90. The summed E-state index contributed by atoms with van der Waals surface area (Å²) in [6.07, 6.45) is 6.40. The van der Waals surface area contributed by atoms with E-state index in [2.05, 4.69) is 51.6 Å². The Balaban J connectivity index is 1.93. The van der Waals surface area contributed by atoms with Crippen LogP contribution in [0.4, 0.5) is 0 Å². The molecule has 1 aromatic heterocycles. The summed E-state index contributed by atoms with van der Waals surface area (Å²) in [6.45, 7) is 2.24. The molecule has 0 aliphatic carbocycles. The summed E-state index contributed by atoms with van der Waals surface area (Å²) in [5.41, 5.74) is 1.37. The van der Waals surface area contributed by atoms with Crippen LogP contribution in [0.3, 0.4) is 0 Å². The van der Waals surface area contributed by atoms with Crippen LogP contribution in [-0.2, 0) is 0 Å². The molecular formula is C15H19N3. The molecule has 94 valence electrons. The quantitative estimate of drug-likeness (QED) is 0.894. The maximum Gasteiger partial charge on any atom is 0.0797 e. The van der Waals surface area contributed by atoms with Crippen molar-refractivity contribution in [3.05, 3.63) is 54.4 Å². The van der Waals surface area contributed by atoms with Crippen molar-refractivity contribution in [2.45, 2.75) is 18.9 Å². The van der Waals surface area contributed by atoms with Crippen LogP contribution < -0.4 is 5.32 Å². The molecule has 0 bridgehead atoms. The molecule has 1 aliphatic heterocycles. The van der Waals surface area contributed by atoms with Crippen molar-refractivity contribution >= 4 is 0 Å². The Morgan fingerprint density at radius 1 is 1.11 bits per heavy atom. The molecule has 0 amide bonds. The summed E-state index contributed by atoms with van der Waals surface area (Å²) in [4.78, 5) is 0. The maximum absolute atomic E-state index is 4.46. The zero-order chi connectivity index (χ0) is 12.2. The molecule has 3 rings (SSSR count). The summed E-state index contributed by atoms with van der Waals surface area (Å²) >= 11 is 0. The number of aromatic nitrogens is 2. The smallest absolute Gasteiger partial charge is 0.0797 e. The van der Waals surface area contributed by atoms with E-state index in [1.165, 1.54) is 18.4 Å². The van der Waals surface area contributed by atoms with E-state index in [0.29, 0.717) is 12.0 Å². The zero-order valence-electron chi connectivity index (χ0n) is 10.5. The summed E-state index contributed by atoms with van der Waals surface area (Å²) < 4.78 is 2.12. The molecule has 1 aliphatic rings. The largest absolute Gasteiger partial charge is 0.317 e. The van der Waals surface area contributed by atoms with Crippen molar-refractivity contribution in [2.75, 3.05) is 13.1 Å². The van der Waals surface area contributed by atoms with Crippen molar-refractivity contribution in [3.8, 4) is 0 Å². The lowest BCUT2D eigenvalue weighted by Crippen LogP contribution is -2.33. The van der Waals surface area contributed by atoms with Crippen molar-refractivity contribution in [2.24, 2.45) is 5.92 Å². The first-order valence-corrected chi connectivity index (χ1v) is 6.70. The van der Waals surface area contributed by atoms with E-state index in [4.69, 9.17) is 0 Å². The molecule has 0 radical (unpaired) electrons. The van der Waals surface area contributed by atoms with Gasteiger partial charge in [-0.05, 0) is 43.5 Å². The SMILES string of the molecule is c1ccc(C(C2CCNCC2)n2cccn2)cc1. The van der Waals surface area contributed by atoms with Gasteiger partial charge in [0.05, 0.1) is 6.04 Å². The van der Waals surface area contributed by atoms with E-state index in [1.54, 1.807) is 0 Å². The maximum atomic E-state index is 4.46. The lowest BCUT2D eigenvalue weighted by molar-refractivity contribution is 0.277. The minimum Gasteiger partial charge on any atom is -0.317 e. The van der Waals surface area contributed by atoms with E-state index < -0.39 is 0 Å². The molecule has 1 aromatic carbocycles. The van der Waals surface area contributed by atoms with Crippen molar-refractivity contribution in [1.29, 1.82) is 0 Å². The number of piperidine rings is 1. The van der Waals surface area contributed by atoms with Crippen LogP contribution in [-0.4, -0.2) is 22.9 Å². The summed E-state index contributed by atoms with van der Waals surface area (Å²) in [5, 5.41) is 7.90. The highest BCUT2D eigenvalue weighted by Crippen LogP contribution is 2.31. The van der Waals surface area contributed by atoms with Crippen molar-refractivity contribution < 1.29 is 0 Å². The Labute approximate surface area is 108 Å². The minimum absolute atomic E-state index is 0.378. The molecule has 2 heterocycles. The summed E-state index contributed by atoms with van der Waals surface area (Å²) in [5.74, 6) is 0.675. The number of hydrogen-bond donors (Lipinski definition) is 1. The van der Waals surface area contributed by atoms with E-state index in [0.717, 1.165) is 13.1 Å². The van der Waals surface area contributed by atoms with Gasteiger partial charge in [0.25, 0.3) is 0 Å². The van der Waals surface area contributed by atoms with E-state index >= 15 is 0 Å². The predicted octanol–water partition coefficient (Wildman–Crippen LogP) is 2.47. The van der Waals surface area contributed by atoms with Gasteiger partial charge in [0.1, 0.15) is 0 Å². The Morgan fingerprint density at radius 3 is 2.56 bits per heavy atom. The minimum atomic E-state index is 0.378. The molecule has 1 N–H and O–H groups in total. The lowest BCUT2D eigenvalue weighted by Gasteiger charge is -2.31. The number of benzene rings is 1. The van der Waals surface area contributed by atoms with Gasteiger partial charge in [-0.25, -0.2) is 0 Å². The first-order chi connectivity index (χ1) is 8.95. The molecule has 1 unspecified atom stereocenters. The first kappa shape index (κ1) is 11.5.